The van der Waals surface area contributed by atoms with E-state index < -0.39 is 18.2 Å². The van der Waals surface area contributed by atoms with Crippen molar-refractivity contribution in [2.24, 2.45) is 0 Å². The van der Waals surface area contributed by atoms with Gasteiger partial charge in [-0.2, -0.15) is 23.4 Å². The first kappa shape index (κ1) is 23.8. The van der Waals surface area contributed by atoms with Crippen LogP contribution in [-0.4, -0.2) is 61.1 Å². The number of aromatic nitrogens is 6. The van der Waals surface area contributed by atoms with Crippen LogP contribution in [0.5, 0.6) is 0 Å². The molecule has 0 aliphatic rings. The van der Waals surface area contributed by atoms with Gasteiger partial charge in [-0.25, -0.2) is 19.7 Å². The minimum Gasteiger partial charge on any atom is -0.306 e. The Morgan fingerprint density at radius 2 is 1.88 bits per heavy atom. The number of pyridine rings is 2. The summed E-state index contributed by atoms with van der Waals surface area (Å²) in [4.78, 5) is 27.8. The van der Waals surface area contributed by atoms with E-state index in [0.29, 0.717) is 9.84 Å². The highest BCUT2D eigenvalue weighted by Crippen LogP contribution is 2.43. The van der Waals surface area contributed by atoms with Crippen molar-refractivity contribution in [3.8, 4) is 5.82 Å². The van der Waals surface area contributed by atoms with Crippen LogP contribution in [-0.2, 0) is 0 Å². The zero-order chi connectivity index (χ0) is 24.6. The summed E-state index contributed by atoms with van der Waals surface area (Å²) >= 11 is 7.37. The van der Waals surface area contributed by atoms with Gasteiger partial charge in [-0.3, -0.25) is 4.90 Å². The monoisotopic (exact) mass is 511 g/mol. The van der Waals surface area contributed by atoms with Crippen molar-refractivity contribution in [3.63, 3.8) is 0 Å². The summed E-state index contributed by atoms with van der Waals surface area (Å²) < 4.78 is 42.0. The standard InChI is InChI=1S/C19H17ClF3N9OS/c1-9-28-14-13(15(31(2)3)19(21,22)23)12(8-25-17(14)34-9)30-18(33)29-10-6-11(20)16(24-7-10)32-26-4-5-27-32/h4-8,15H,1-3H3,(H2,29,30,33). The Kier molecular flexibility index (Phi) is 6.38. The molecular formula is C19H17ClF3N9OS. The number of rotatable bonds is 5. The van der Waals surface area contributed by atoms with Gasteiger partial charge >= 0.3 is 12.2 Å². The normalized spacial score (nSPS) is 12.8. The summed E-state index contributed by atoms with van der Waals surface area (Å²) in [5.74, 6) is 0.243. The Hall–Kier alpha value is -3.36. The van der Waals surface area contributed by atoms with E-state index in [9.17, 15) is 18.0 Å². The van der Waals surface area contributed by atoms with Crippen LogP contribution in [0.25, 0.3) is 16.2 Å². The molecule has 0 aromatic carbocycles. The lowest BCUT2D eigenvalue weighted by atomic mass is 10.0. The Morgan fingerprint density at radius 1 is 1.18 bits per heavy atom. The minimum absolute atomic E-state index is 0.0807. The maximum atomic E-state index is 14.0. The van der Waals surface area contributed by atoms with Crippen LogP contribution in [0.15, 0.2) is 30.9 Å². The van der Waals surface area contributed by atoms with Gasteiger partial charge in [0.05, 0.1) is 46.2 Å². The van der Waals surface area contributed by atoms with Gasteiger partial charge in [0.15, 0.2) is 5.82 Å². The van der Waals surface area contributed by atoms with Crippen LogP contribution < -0.4 is 10.6 Å². The number of nitrogens with one attached hydrogen (secondary N) is 2. The van der Waals surface area contributed by atoms with Crippen molar-refractivity contribution in [2.45, 2.75) is 19.1 Å². The molecule has 0 bridgehead atoms. The SMILES string of the molecule is Cc1nc2c(C(N(C)C)C(F)(F)F)c(NC(=O)Nc3cnc(-n4nccn4)c(Cl)c3)cnc2s1. The zero-order valence-corrected chi connectivity index (χ0v) is 19.5. The summed E-state index contributed by atoms with van der Waals surface area (Å²) in [5, 5.41) is 13.5. The maximum absolute atomic E-state index is 14.0. The van der Waals surface area contributed by atoms with Gasteiger partial charge in [-0.1, -0.05) is 22.9 Å². The molecule has 2 N–H and O–H groups in total. The third kappa shape index (κ3) is 4.78. The third-order valence-corrected chi connectivity index (χ3v) is 5.77. The molecule has 0 aliphatic heterocycles. The molecule has 0 saturated heterocycles. The third-order valence-electron chi connectivity index (χ3n) is 4.61. The molecule has 1 atom stereocenters. The van der Waals surface area contributed by atoms with Crippen molar-refractivity contribution >= 4 is 50.7 Å². The van der Waals surface area contributed by atoms with Crippen LogP contribution in [0.2, 0.25) is 5.02 Å². The number of carbonyl (C=O) groups excluding carboxylic acids is 1. The van der Waals surface area contributed by atoms with E-state index in [1.165, 1.54) is 61.1 Å². The van der Waals surface area contributed by atoms with Gasteiger partial charge in [0, 0.05) is 5.56 Å². The summed E-state index contributed by atoms with van der Waals surface area (Å²) in [6.07, 6.45) is 0.775. The van der Waals surface area contributed by atoms with Crippen molar-refractivity contribution in [1.82, 2.24) is 34.8 Å². The van der Waals surface area contributed by atoms with E-state index in [2.05, 4.69) is 35.8 Å². The van der Waals surface area contributed by atoms with Gasteiger partial charge in [-0.05, 0) is 27.1 Å². The molecule has 0 radical (unpaired) electrons. The summed E-state index contributed by atoms with van der Waals surface area (Å²) in [6.45, 7) is 1.67. The van der Waals surface area contributed by atoms with Gasteiger partial charge in [0.1, 0.15) is 16.4 Å². The number of urea groups is 1. The van der Waals surface area contributed by atoms with E-state index in [0.717, 1.165) is 4.90 Å². The molecule has 178 valence electrons. The predicted octanol–water partition coefficient (Wildman–Crippen LogP) is 4.44. The lowest BCUT2D eigenvalue weighted by Gasteiger charge is -2.28. The molecule has 4 rings (SSSR count). The summed E-state index contributed by atoms with van der Waals surface area (Å²) in [5.41, 5.74) is -0.0309. The number of hydrogen-bond donors (Lipinski definition) is 2. The highest BCUT2D eigenvalue weighted by Gasteiger charge is 2.45. The smallest absolute Gasteiger partial charge is 0.306 e. The molecule has 15 heteroatoms. The molecule has 0 spiro atoms. The first-order valence-electron chi connectivity index (χ1n) is 9.64. The van der Waals surface area contributed by atoms with E-state index in [-0.39, 0.29) is 33.3 Å². The second kappa shape index (κ2) is 9.12. The number of thiazole rings is 1. The summed E-state index contributed by atoms with van der Waals surface area (Å²) in [7, 11) is 2.61. The number of halogens is 4. The van der Waals surface area contributed by atoms with Crippen LogP contribution in [0.3, 0.4) is 0 Å². The molecule has 34 heavy (non-hydrogen) atoms. The van der Waals surface area contributed by atoms with E-state index in [1.807, 2.05) is 0 Å². The number of amides is 2. The quantitative estimate of drug-likeness (QED) is 0.407. The number of nitrogens with zero attached hydrogens (tertiary/aromatic N) is 7. The first-order valence-corrected chi connectivity index (χ1v) is 10.8. The molecular weight excluding hydrogens is 495 g/mol. The highest BCUT2D eigenvalue weighted by atomic mass is 35.5. The Labute approximate surface area is 199 Å². The fourth-order valence-corrected chi connectivity index (χ4v) is 4.36. The molecule has 4 heterocycles. The molecule has 4 aromatic rings. The molecule has 4 aromatic heterocycles. The topological polar surface area (TPSA) is 114 Å². The average Bonchev–Trinajstić information content (AvgIpc) is 3.37. The van der Waals surface area contributed by atoms with Gasteiger partial charge < -0.3 is 10.6 Å². The van der Waals surface area contributed by atoms with Crippen LogP contribution >= 0.6 is 22.9 Å². The lowest BCUT2D eigenvalue weighted by molar-refractivity contribution is -0.179. The van der Waals surface area contributed by atoms with Gasteiger partial charge in [-0.15, -0.1) is 4.80 Å². The largest absolute Gasteiger partial charge is 0.408 e. The van der Waals surface area contributed by atoms with Crippen molar-refractivity contribution in [3.05, 3.63) is 46.4 Å². The lowest BCUT2D eigenvalue weighted by Crippen LogP contribution is -2.34. The number of hydrogen-bond acceptors (Lipinski definition) is 8. The number of anilines is 2. The van der Waals surface area contributed by atoms with Crippen LogP contribution in [0, 0.1) is 6.92 Å². The van der Waals surface area contributed by atoms with E-state index >= 15 is 0 Å². The fourth-order valence-electron chi connectivity index (χ4n) is 3.35. The van der Waals surface area contributed by atoms with Gasteiger partial charge in [0.25, 0.3) is 0 Å². The Morgan fingerprint density at radius 3 is 2.50 bits per heavy atom. The molecule has 10 nitrogen and oxygen atoms in total. The highest BCUT2D eigenvalue weighted by molar-refractivity contribution is 7.18. The maximum Gasteiger partial charge on any atom is 0.408 e. The second-order valence-electron chi connectivity index (χ2n) is 7.31. The molecule has 0 fully saturated rings. The first-order chi connectivity index (χ1) is 16.0. The van der Waals surface area contributed by atoms with Crippen molar-refractivity contribution in [1.29, 1.82) is 0 Å². The average molecular weight is 512 g/mol. The fraction of sp³-hybridized carbons (Fsp3) is 0.263. The predicted molar refractivity (Wildman–Crippen MR) is 121 cm³/mol. The second-order valence-corrected chi connectivity index (χ2v) is 8.90. The van der Waals surface area contributed by atoms with Crippen LogP contribution in [0.1, 0.15) is 16.6 Å². The summed E-state index contributed by atoms with van der Waals surface area (Å²) in [6, 6.07) is -1.42. The molecule has 0 saturated carbocycles. The molecule has 0 aliphatic carbocycles. The Balaban J connectivity index is 1.65. The van der Waals surface area contributed by atoms with Crippen LogP contribution in [0.4, 0.5) is 29.3 Å². The van der Waals surface area contributed by atoms with Gasteiger partial charge in [0.2, 0.25) is 0 Å². The van der Waals surface area contributed by atoms with Crippen molar-refractivity contribution < 1.29 is 18.0 Å². The number of aryl methyl sites for hydroxylation is 1. The van der Waals surface area contributed by atoms with E-state index in [4.69, 9.17) is 11.6 Å². The Bertz CT molecular complexity index is 1340. The van der Waals surface area contributed by atoms with Crippen molar-refractivity contribution in [2.75, 3.05) is 24.7 Å². The van der Waals surface area contributed by atoms with E-state index in [1.54, 1.807) is 6.92 Å². The number of alkyl halides is 3. The number of carbonyl (C=O) groups is 1. The molecule has 1 unspecified atom stereocenters. The number of fused-ring (bicyclic) bond motifs is 1. The molecule has 2 amide bonds. The zero-order valence-electron chi connectivity index (χ0n) is 17.9. The minimum atomic E-state index is -4.63.